The van der Waals surface area contributed by atoms with Crippen LogP contribution in [0.2, 0.25) is 5.02 Å². The van der Waals surface area contributed by atoms with E-state index in [9.17, 15) is 0 Å². The Morgan fingerprint density at radius 2 is 2.12 bits per heavy atom. The Morgan fingerprint density at radius 1 is 1.35 bits per heavy atom. The molecule has 0 spiro atoms. The minimum absolute atomic E-state index is 0.0473. The summed E-state index contributed by atoms with van der Waals surface area (Å²) in [6.07, 6.45) is 5.03. The van der Waals surface area contributed by atoms with Crippen LogP contribution in [0.25, 0.3) is 5.57 Å². The molecule has 0 amide bonds. The normalized spacial score (nSPS) is 16.8. The molecule has 2 nitrogen and oxygen atoms in total. The van der Waals surface area contributed by atoms with Gasteiger partial charge in [0.15, 0.2) is 0 Å². The summed E-state index contributed by atoms with van der Waals surface area (Å²) >= 11 is 6.08. The molecule has 92 valence electrons. The molecule has 1 aromatic rings. The lowest BCUT2D eigenvalue weighted by molar-refractivity contribution is 0.566. The maximum Gasteiger partial charge on any atom is 0.0595 e. The fourth-order valence-corrected chi connectivity index (χ4v) is 2.31. The summed E-state index contributed by atoms with van der Waals surface area (Å²) in [5.74, 6) is 0. The van der Waals surface area contributed by atoms with Gasteiger partial charge < -0.3 is 5.32 Å². The minimum atomic E-state index is 0.0473. The van der Waals surface area contributed by atoms with E-state index in [1.165, 1.54) is 11.1 Å². The van der Waals surface area contributed by atoms with Gasteiger partial charge in [-0.25, -0.2) is 0 Å². The quantitative estimate of drug-likeness (QED) is 0.826. The van der Waals surface area contributed by atoms with Crippen LogP contribution < -0.4 is 5.32 Å². The second-order valence-corrected chi connectivity index (χ2v) is 5.92. The van der Waals surface area contributed by atoms with Crippen molar-refractivity contribution in [3.8, 4) is 0 Å². The molecule has 1 aromatic heterocycles. The first-order chi connectivity index (χ1) is 7.98. The maximum absolute atomic E-state index is 6.08. The molecule has 0 atom stereocenters. The molecule has 0 aliphatic carbocycles. The molecule has 17 heavy (non-hydrogen) atoms. The maximum atomic E-state index is 6.08. The Bertz CT molecular complexity index is 444. The van der Waals surface area contributed by atoms with Crippen LogP contribution in [0.5, 0.6) is 0 Å². The number of hydrogen-bond donors (Lipinski definition) is 1. The third kappa shape index (κ3) is 2.88. The topological polar surface area (TPSA) is 24.9 Å². The third-order valence-electron chi connectivity index (χ3n) is 2.97. The van der Waals surface area contributed by atoms with Gasteiger partial charge in [0.2, 0.25) is 0 Å². The Balaban J connectivity index is 2.50. The van der Waals surface area contributed by atoms with Crippen molar-refractivity contribution in [1.82, 2.24) is 10.3 Å². The molecule has 0 radical (unpaired) electrons. The molecule has 1 aliphatic heterocycles. The molecule has 2 heterocycles. The van der Waals surface area contributed by atoms with Gasteiger partial charge in [-0.05, 0) is 24.6 Å². The average Bonchev–Trinajstić information content (AvgIpc) is 2.28. The van der Waals surface area contributed by atoms with E-state index in [1.54, 1.807) is 6.20 Å². The molecule has 1 aliphatic rings. The van der Waals surface area contributed by atoms with E-state index in [-0.39, 0.29) is 5.41 Å². The van der Waals surface area contributed by atoms with E-state index < -0.39 is 0 Å². The molecule has 0 aromatic carbocycles. The van der Waals surface area contributed by atoms with E-state index in [2.05, 4.69) is 37.1 Å². The lowest BCUT2D eigenvalue weighted by atomic mass is 9.85. The van der Waals surface area contributed by atoms with Crippen LogP contribution in [-0.4, -0.2) is 18.1 Å². The predicted molar refractivity (Wildman–Crippen MR) is 73.4 cm³/mol. The van der Waals surface area contributed by atoms with E-state index in [0.717, 1.165) is 25.2 Å². The summed E-state index contributed by atoms with van der Waals surface area (Å²) in [6, 6.07) is 2.05. The molecule has 2 rings (SSSR count). The predicted octanol–water partition coefficient (Wildman–Crippen LogP) is 3.41. The fourth-order valence-electron chi connectivity index (χ4n) is 2.15. The molecule has 0 saturated carbocycles. The van der Waals surface area contributed by atoms with E-state index in [1.807, 2.05) is 6.07 Å². The molecule has 0 unspecified atom stereocenters. The molecule has 1 N–H and O–H groups in total. The van der Waals surface area contributed by atoms with Gasteiger partial charge in [-0.15, -0.1) is 0 Å². The fraction of sp³-hybridized carbons (Fsp3) is 0.500. The summed E-state index contributed by atoms with van der Waals surface area (Å²) < 4.78 is 0. The van der Waals surface area contributed by atoms with E-state index in [4.69, 9.17) is 11.6 Å². The number of hydrogen-bond acceptors (Lipinski definition) is 2. The van der Waals surface area contributed by atoms with Crippen LogP contribution in [0.3, 0.4) is 0 Å². The van der Waals surface area contributed by atoms with Crippen LogP contribution in [0.1, 0.15) is 38.4 Å². The van der Waals surface area contributed by atoms with Crippen LogP contribution >= 0.6 is 11.6 Å². The highest BCUT2D eigenvalue weighted by atomic mass is 35.5. The summed E-state index contributed by atoms with van der Waals surface area (Å²) in [6.45, 7) is 8.53. The van der Waals surface area contributed by atoms with Crippen molar-refractivity contribution in [2.24, 2.45) is 0 Å². The number of aromatic nitrogens is 1. The van der Waals surface area contributed by atoms with Crippen molar-refractivity contribution in [2.45, 2.75) is 32.6 Å². The van der Waals surface area contributed by atoms with E-state index >= 15 is 0 Å². The first kappa shape index (κ1) is 12.6. The number of nitrogens with zero attached hydrogens (tertiary/aromatic N) is 1. The van der Waals surface area contributed by atoms with Crippen molar-refractivity contribution in [2.75, 3.05) is 13.1 Å². The summed E-state index contributed by atoms with van der Waals surface area (Å²) in [5, 5.41) is 4.04. The second-order valence-electron chi connectivity index (χ2n) is 5.48. The Hall–Kier alpha value is -0.860. The van der Waals surface area contributed by atoms with Crippen molar-refractivity contribution in [3.05, 3.63) is 34.6 Å². The number of nitrogens with one attached hydrogen (secondary N) is 1. The highest BCUT2D eigenvalue weighted by molar-refractivity contribution is 6.30. The number of pyridine rings is 1. The van der Waals surface area contributed by atoms with Gasteiger partial charge in [-0.1, -0.05) is 38.4 Å². The Kier molecular flexibility index (Phi) is 3.55. The molecule has 0 fully saturated rings. The largest absolute Gasteiger partial charge is 0.313 e. The van der Waals surface area contributed by atoms with Crippen LogP contribution in [-0.2, 0) is 5.41 Å². The van der Waals surface area contributed by atoms with Crippen LogP contribution in [0.4, 0.5) is 0 Å². The first-order valence-electron chi connectivity index (χ1n) is 6.04. The van der Waals surface area contributed by atoms with E-state index in [0.29, 0.717) is 5.02 Å². The highest BCUT2D eigenvalue weighted by Gasteiger charge is 2.22. The molecule has 0 saturated heterocycles. The third-order valence-corrected chi connectivity index (χ3v) is 3.18. The first-order valence-corrected chi connectivity index (χ1v) is 6.42. The monoisotopic (exact) mass is 250 g/mol. The lowest BCUT2D eigenvalue weighted by Crippen LogP contribution is -2.22. The molecular weight excluding hydrogens is 232 g/mol. The molecular formula is C14H19ClN2. The molecule has 0 bridgehead atoms. The second kappa shape index (κ2) is 4.79. The van der Waals surface area contributed by atoms with Crippen LogP contribution in [0.15, 0.2) is 18.3 Å². The smallest absolute Gasteiger partial charge is 0.0595 e. The van der Waals surface area contributed by atoms with Crippen LogP contribution in [0, 0.1) is 0 Å². The zero-order valence-corrected chi connectivity index (χ0v) is 11.4. The zero-order chi connectivity index (χ0) is 12.5. The highest BCUT2D eigenvalue weighted by Crippen LogP contribution is 2.32. The standard InChI is InChI=1S/C14H19ClN2/c1-14(2,3)13-12(8-11(15)9-17-13)10-4-6-16-7-5-10/h4,8-9,16H,5-7H2,1-3H3. The lowest BCUT2D eigenvalue weighted by Gasteiger charge is -2.24. The van der Waals surface area contributed by atoms with Gasteiger partial charge in [0.1, 0.15) is 0 Å². The zero-order valence-electron chi connectivity index (χ0n) is 10.7. The van der Waals surface area contributed by atoms with Gasteiger partial charge in [0, 0.05) is 23.7 Å². The van der Waals surface area contributed by atoms with Gasteiger partial charge in [0.05, 0.1) is 10.7 Å². The van der Waals surface area contributed by atoms with Gasteiger partial charge in [-0.2, -0.15) is 0 Å². The SMILES string of the molecule is CC(C)(C)c1ncc(Cl)cc1C1=CCNCC1. The molecule has 3 heteroatoms. The summed E-state index contributed by atoms with van der Waals surface area (Å²) in [5.41, 5.74) is 3.76. The average molecular weight is 251 g/mol. The van der Waals surface area contributed by atoms with Crippen molar-refractivity contribution < 1.29 is 0 Å². The van der Waals surface area contributed by atoms with Gasteiger partial charge in [-0.3, -0.25) is 4.98 Å². The Morgan fingerprint density at radius 3 is 2.71 bits per heavy atom. The van der Waals surface area contributed by atoms with Crippen molar-refractivity contribution >= 4 is 17.2 Å². The number of halogens is 1. The van der Waals surface area contributed by atoms with Crippen molar-refractivity contribution in [3.63, 3.8) is 0 Å². The van der Waals surface area contributed by atoms with Gasteiger partial charge in [0.25, 0.3) is 0 Å². The summed E-state index contributed by atoms with van der Waals surface area (Å²) in [4.78, 5) is 4.53. The van der Waals surface area contributed by atoms with Crippen molar-refractivity contribution in [1.29, 1.82) is 0 Å². The van der Waals surface area contributed by atoms with Gasteiger partial charge >= 0.3 is 0 Å². The minimum Gasteiger partial charge on any atom is -0.313 e. The number of rotatable bonds is 1. The summed E-state index contributed by atoms with van der Waals surface area (Å²) in [7, 11) is 0. The Labute approximate surface area is 108 Å².